The zero-order valence-electron chi connectivity index (χ0n) is 13.7. The van der Waals surface area contributed by atoms with Crippen molar-refractivity contribution in [1.82, 2.24) is 15.5 Å². The monoisotopic (exact) mass is 382 g/mol. The number of aromatic nitrogens is 2. The number of anilines is 1. The molecule has 1 aliphatic rings. The van der Waals surface area contributed by atoms with E-state index in [4.69, 9.17) is 11.6 Å². The SMILES string of the molecule is O=C(NC1CCCCC1)c1[nH]ncc1NC(=O)c1c(F)ccc(Cl)c1F. The lowest BCUT2D eigenvalue weighted by atomic mass is 9.95. The lowest BCUT2D eigenvalue weighted by Gasteiger charge is -2.22. The third-order valence-corrected chi connectivity index (χ3v) is 4.62. The number of aromatic amines is 1. The second kappa shape index (κ2) is 7.82. The maximum absolute atomic E-state index is 14.0. The van der Waals surface area contributed by atoms with Crippen LogP contribution < -0.4 is 10.6 Å². The molecule has 0 atom stereocenters. The number of H-pyrrole nitrogens is 1. The zero-order chi connectivity index (χ0) is 18.7. The smallest absolute Gasteiger partial charge is 0.271 e. The van der Waals surface area contributed by atoms with E-state index in [1.807, 2.05) is 0 Å². The van der Waals surface area contributed by atoms with Crippen LogP contribution in [0.1, 0.15) is 53.0 Å². The molecule has 0 saturated heterocycles. The molecule has 2 aromatic rings. The predicted octanol–water partition coefficient (Wildman–Crippen LogP) is 3.66. The molecular formula is C17H17ClF2N4O2. The zero-order valence-corrected chi connectivity index (χ0v) is 14.5. The highest BCUT2D eigenvalue weighted by molar-refractivity contribution is 6.31. The topological polar surface area (TPSA) is 86.9 Å². The second-order valence-electron chi connectivity index (χ2n) is 6.14. The molecular weight excluding hydrogens is 366 g/mol. The molecule has 1 fully saturated rings. The Kier molecular flexibility index (Phi) is 5.51. The van der Waals surface area contributed by atoms with Gasteiger partial charge >= 0.3 is 0 Å². The minimum Gasteiger partial charge on any atom is -0.348 e. The number of amides is 2. The number of hydrogen-bond donors (Lipinski definition) is 3. The largest absolute Gasteiger partial charge is 0.348 e. The third kappa shape index (κ3) is 3.85. The van der Waals surface area contributed by atoms with Gasteiger partial charge < -0.3 is 10.6 Å². The Hall–Kier alpha value is -2.48. The summed E-state index contributed by atoms with van der Waals surface area (Å²) in [7, 11) is 0. The maximum Gasteiger partial charge on any atom is 0.271 e. The first kappa shape index (κ1) is 18.3. The molecule has 3 N–H and O–H groups in total. The fraction of sp³-hybridized carbons (Fsp3) is 0.353. The lowest BCUT2D eigenvalue weighted by Crippen LogP contribution is -2.36. The number of carbonyl (C=O) groups is 2. The van der Waals surface area contributed by atoms with Gasteiger partial charge in [-0.15, -0.1) is 0 Å². The molecule has 0 spiro atoms. The number of nitrogens with one attached hydrogen (secondary N) is 3. The Morgan fingerprint density at radius 1 is 1.15 bits per heavy atom. The van der Waals surface area contributed by atoms with Crippen LogP contribution >= 0.6 is 11.6 Å². The van der Waals surface area contributed by atoms with Crippen molar-refractivity contribution in [3.8, 4) is 0 Å². The van der Waals surface area contributed by atoms with Crippen molar-refractivity contribution in [3.05, 3.63) is 46.2 Å². The molecule has 138 valence electrons. The summed E-state index contributed by atoms with van der Waals surface area (Å²) in [5.41, 5.74) is -0.772. The van der Waals surface area contributed by atoms with Crippen molar-refractivity contribution < 1.29 is 18.4 Å². The quantitative estimate of drug-likeness (QED) is 0.705. The summed E-state index contributed by atoms with van der Waals surface area (Å²) in [6, 6.07) is 1.97. The average Bonchev–Trinajstić information content (AvgIpc) is 3.07. The molecule has 1 aromatic carbocycles. The minimum atomic E-state index is -1.17. The van der Waals surface area contributed by atoms with E-state index in [9.17, 15) is 18.4 Å². The number of benzene rings is 1. The van der Waals surface area contributed by atoms with Gasteiger partial charge in [-0.3, -0.25) is 14.7 Å². The first-order chi connectivity index (χ1) is 12.5. The van der Waals surface area contributed by atoms with Crippen LogP contribution in [0.3, 0.4) is 0 Å². The van der Waals surface area contributed by atoms with Crippen molar-refractivity contribution in [3.63, 3.8) is 0 Å². The van der Waals surface area contributed by atoms with E-state index < -0.39 is 29.0 Å². The normalized spacial score (nSPS) is 14.9. The molecule has 3 rings (SSSR count). The standard InChI is InChI=1S/C17H17ClF2N4O2/c18-10-6-7-11(19)13(14(10)20)16(25)23-12-8-21-24-15(12)17(26)22-9-4-2-1-3-5-9/h6-9H,1-5H2,(H,21,24)(H,22,26)(H,23,25). The second-order valence-corrected chi connectivity index (χ2v) is 6.55. The maximum atomic E-state index is 14.0. The molecule has 1 aliphatic carbocycles. The van der Waals surface area contributed by atoms with Gasteiger partial charge in [0, 0.05) is 6.04 Å². The lowest BCUT2D eigenvalue weighted by molar-refractivity contribution is 0.0923. The highest BCUT2D eigenvalue weighted by atomic mass is 35.5. The van der Waals surface area contributed by atoms with E-state index in [-0.39, 0.29) is 22.4 Å². The molecule has 0 unspecified atom stereocenters. The van der Waals surface area contributed by atoms with Gasteiger partial charge in [0.05, 0.1) is 16.9 Å². The van der Waals surface area contributed by atoms with E-state index in [0.29, 0.717) is 0 Å². The van der Waals surface area contributed by atoms with Gasteiger partial charge in [-0.2, -0.15) is 5.10 Å². The van der Waals surface area contributed by atoms with Crippen molar-refractivity contribution in [2.24, 2.45) is 0 Å². The molecule has 2 amide bonds. The summed E-state index contributed by atoms with van der Waals surface area (Å²) in [5.74, 6) is -3.71. The first-order valence-corrected chi connectivity index (χ1v) is 8.64. The number of rotatable bonds is 4. The fourth-order valence-electron chi connectivity index (χ4n) is 2.98. The Balaban J connectivity index is 1.75. The van der Waals surface area contributed by atoms with Gasteiger partial charge in [-0.1, -0.05) is 30.9 Å². The van der Waals surface area contributed by atoms with Crippen LogP contribution in [-0.2, 0) is 0 Å². The fourth-order valence-corrected chi connectivity index (χ4v) is 3.14. The van der Waals surface area contributed by atoms with E-state index >= 15 is 0 Å². The highest BCUT2D eigenvalue weighted by Gasteiger charge is 2.24. The van der Waals surface area contributed by atoms with Gasteiger partial charge in [0.25, 0.3) is 11.8 Å². The van der Waals surface area contributed by atoms with Gasteiger partial charge in [0.15, 0.2) is 5.82 Å². The number of carbonyl (C=O) groups excluding carboxylic acids is 2. The highest BCUT2D eigenvalue weighted by Crippen LogP contribution is 2.23. The molecule has 0 radical (unpaired) electrons. The predicted molar refractivity (Wildman–Crippen MR) is 92.2 cm³/mol. The van der Waals surface area contributed by atoms with Crippen molar-refractivity contribution in [1.29, 1.82) is 0 Å². The van der Waals surface area contributed by atoms with E-state index in [1.165, 1.54) is 6.20 Å². The molecule has 0 bridgehead atoms. The molecule has 1 saturated carbocycles. The Labute approximate surface area is 153 Å². The first-order valence-electron chi connectivity index (χ1n) is 8.26. The summed E-state index contributed by atoms with van der Waals surface area (Å²) in [4.78, 5) is 24.6. The van der Waals surface area contributed by atoms with Crippen LogP contribution in [0.4, 0.5) is 14.5 Å². The van der Waals surface area contributed by atoms with E-state index in [2.05, 4.69) is 20.8 Å². The van der Waals surface area contributed by atoms with Gasteiger partial charge in [-0.05, 0) is 25.0 Å². The van der Waals surface area contributed by atoms with Crippen LogP contribution in [0, 0.1) is 11.6 Å². The Morgan fingerprint density at radius 3 is 2.62 bits per heavy atom. The molecule has 6 nitrogen and oxygen atoms in total. The molecule has 1 heterocycles. The number of nitrogens with zero attached hydrogens (tertiary/aromatic N) is 1. The van der Waals surface area contributed by atoms with Crippen LogP contribution in [0.2, 0.25) is 5.02 Å². The van der Waals surface area contributed by atoms with Crippen molar-refractivity contribution >= 4 is 29.1 Å². The van der Waals surface area contributed by atoms with Gasteiger partial charge in [0.2, 0.25) is 0 Å². The summed E-state index contributed by atoms with van der Waals surface area (Å²) in [6.07, 6.45) is 6.22. The molecule has 1 aromatic heterocycles. The summed E-state index contributed by atoms with van der Waals surface area (Å²) in [5, 5.41) is 11.0. The van der Waals surface area contributed by atoms with E-state index in [0.717, 1.165) is 44.2 Å². The molecule has 26 heavy (non-hydrogen) atoms. The van der Waals surface area contributed by atoms with Crippen LogP contribution in [0.15, 0.2) is 18.3 Å². The Bertz CT molecular complexity index is 834. The minimum absolute atomic E-state index is 0.0202. The van der Waals surface area contributed by atoms with Crippen LogP contribution in [0.5, 0.6) is 0 Å². The third-order valence-electron chi connectivity index (χ3n) is 4.33. The average molecular weight is 383 g/mol. The molecule has 0 aliphatic heterocycles. The van der Waals surface area contributed by atoms with Gasteiger partial charge in [-0.25, -0.2) is 8.78 Å². The van der Waals surface area contributed by atoms with Gasteiger partial charge in [0.1, 0.15) is 17.1 Å². The van der Waals surface area contributed by atoms with Crippen LogP contribution in [0.25, 0.3) is 0 Å². The number of halogens is 3. The summed E-state index contributed by atoms with van der Waals surface area (Å²) >= 11 is 5.60. The van der Waals surface area contributed by atoms with Crippen molar-refractivity contribution in [2.45, 2.75) is 38.1 Å². The summed E-state index contributed by atoms with van der Waals surface area (Å²) in [6.45, 7) is 0. The number of hydrogen-bond acceptors (Lipinski definition) is 3. The summed E-state index contributed by atoms with van der Waals surface area (Å²) < 4.78 is 27.8. The van der Waals surface area contributed by atoms with Crippen molar-refractivity contribution in [2.75, 3.05) is 5.32 Å². The molecule has 9 heteroatoms. The Morgan fingerprint density at radius 2 is 1.88 bits per heavy atom. The van der Waals surface area contributed by atoms with E-state index in [1.54, 1.807) is 0 Å². The van der Waals surface area contributed by atoms with Crippen LogP contribution in [-0.4, -0.2) is 28.1 Å².